The van der Waals surface area contributed by atoms with E-state index in [4.69, 9.17) is 5.11 Å². The SMILES string of the molecule is C[C@H](C(=O)O)C1CCCc2ccccc21. The molecule has 15 heavy (non-hydrogen) atoms. The van der Waals surface area contributed by atoms with Gasteiger partial charge >= 0.3 is 5.97 Å². The number of benzene rings is 1. The Balaban J connectivity index is 2.33. The lowest BCUT2D eigenvalue weighted by atomic mass is 9.76. The predicted octanol–water partition coefficient (Wildman–Crippen LogP) is 2.83. The normalized spacial score (nSPS) is 21.8. The molecule has 0 saturated heterocycles. The van der Waals surface area contributed by atoms with Gasteiger partial charge in [-0.2, -0.15) is 0 Å². The lowest BCUT2D eigenvalue weighted by molar-refractivity contribution is -0.142. The van der Waals surface area contributed by atoms with E-state index in [0.29, 0.717) is 0 Å². The van der Waals surface area contributed by atoms with Gasteiger partial charge in [-0.3, -0.25) is 4.79 Å². The molecule has 2 nitrogen and oxygen atoms in total. The highest BCUT2D eigenvalue weighted by atomic mass is 16.4. The maximum absolute atomic E-state index is 11.0. The Morgan fingerprint density at radius 1 is 1.47 bits per heavy atom. The number of carboxylic acid groups (broad SMARTS) is 1. The minimum absolute atomic E-state index is 0.201. The highest BCUT2D eigenvalue weighted by Crippen LogP contribution is 2.36. The minimum atomic E-state index is -0.684. The van der Waals surface area contributed by atoms with E-state index in [1.54, 1.807) is 0 Å². The van der Waals surface area contributed by atoms with E-state index in [0.717, 1.165) is 19.3 Å². The fraction of sp³-hybridized carbons (Fsp3) is 0.462. The van der Waals surface area contributed by atoms with Crippen molar-refractivity contribution in [3.05, 3.63) is 35.4 Å². The van der Waals surface area contributed by atoms with Crippen LogP contribution >= 0.6 is 0 Å². The number of carbonyl (C=O) groups is 1. The Hall–Kier alpha value is -1.31. The summed E-state index contributed by atoms with van der Waals surface area (Å²) in [5.41, 5.74) is 2.58. The van der Waals surface area contributed by atoms with Crippen LogP contribution in [0.4, 0.5) is 0 Å². The lowest BCUT2D eigenvalue weighted by Gasteiger charge is -2.28. The van der Waals surface area contributed by atoms with Crippen molar-refractivity contribution in [2.45, 2.75) is 32.1 Å². The van der Waals surface area contributed by atoms with Crippen molar-refractivity contribution >= 4 is 5.97 Å². The largest absolute Gasteiger partial charge is 0.481 e. The van der Waals surface area contributed by atoms with Gasteiger partial charge in [-0.1, -0.05) is 31.2 Å². The van der Waals surface area contributed by atoms with E-state index >= 15 is 0 Å². The van der Waals surface area contributed by atoms with Gasteiger partial charge in [-0.15, -0.1) is 0 Å². The molecular weight excluding hydrogens is 188 g/mol. The highest BCUT2D eigenvalue weighted by molar-refractivity contribution is 5.71. The maximum Gasteiger partial charge on any atom is 0.306 e. The zero-order valence-electron chi connectivity index (χ0n) is 8.94. The second-order valence-electron chi connectivity index (χ2n) is 4.32. The fourth-order valence-electron chi connectivity index (χ4n) is 2.48. The summed E-state index contributed by atoms with van der Waals surface area (Å²) in [6, 6.07) is 8.24. The van der Waals surface area contributed by atoms with Gasteiger partial charge < -0.3 is 5.11 Å². The minimum Gasteiger partial charge on any atom is -0.481 e. The van der Waals surface area contributed by atoms with Crippen LogP contribution in [-0.4, -0.2) is 11.1 Å². The van der Waals surface area contributed by atoms with Gasteiger partial charge in [-0.25, -0.2) is 0 Å². The van der Waals surface area contributed by atoms with Crippen molar-refractivity contribution < 1.29 is 9.90 Å². The summed E-state index contributed by atoms with van der Waals surface area (Å²) in [6.07, 6.45) is 3.21. The zero-order chi connectivity index (χ0) is 10.8. The Morgan fingerprint density at radius 2 is 2.20 bits per heavy atom. The third-order valence-electron chi connectivity index (χ3n) is 3.41. The van der Waals surface area contributed by atoms with Crippen LogP contribution in [0, 0.1) is 5.92 Å². The molecule has 0 heterocycles. The van der Waals surface area contributed by atoms with E-state index in [9.17, 15) is 4.79 Å². The second-order valence-corrected chi connectivity index (χ2v) is 4.32. The molecule has 2 heteroatoms. The Bertz CT molecular complexity index is 371. The van der Waals surface area contributed by atoms with Crippen LogP contribution in [0.1, 0.15) is 36.8 Å². The number of fused-ring (bicyclic) bond motifs is 1. The molecule has 1 aromatic rings. The van der Waals surface area contributed by atoms with E-state index < -0.39 is 5.97 Å². The van der Waals surface area contributed by atoms with Crippen LogP contribution in [0.25, 0.3) is 0 Å². The van der Waals surface area contributed by atoms with E-state index in [1.165, 1.54) is 11.1 Å². The quantitative estimate of drug-likeness (QED) is 0.804. The zero-order valence-corrected chi connectivity index (χ0v) is 8.94. The van der Waals surface area contributed by atoms with E-state index in [-0.39, 0.29) is 11.8 Å². The Labute approximate surface area is 89.9 Å². The number of rotatable bonds is 2. The summed E-state index contributed by atoms with van der Waals surface area (Å²) < 4.78 is 0. The van der Waals surface area contributed by atoms with Crippen molar-refractivity contribution in [1.82, 2.24) is 0 Å². The van der Waals surface area contributed by atoms with Crippen LogP contribution < -0.4 is 0 Å². The number of carboxylic acids is 1. The van der Waals surface area contributed by atoms with Gasteiger partial charge in [-0.05, 0) is 36.3 Å². The van der Waals surface area contributed by atoms with Crippen molar-refractivity contribution in [2.24, 2.45) is 5.92 Å². The summed E-state index contributed by atoms with van der Waals surface area (Å²) in [4.78, 5) is 11.0. The van der Waals surface area contributed by atoms with Crippen LogP contribution in [0.3, 0.4) is 0 Å². The molecule has 1 unspecified atom stereocenters. The standard InChI is InChI=1S/C13H16O2/c1-9(13(14)15)11-8-4-6-10-5-2-3-7-12(10)11/h2-3,5,7,9,11H,4,6,8H2,1H3,(H,14,15)/t9-,11?/m0/s1. The summed E-state index contributed by atoms with van der Waals surface area (Å²) >= 11 is 0. The number of hydrogen-bond donors (Lipinski definition) is 1. The van der Waals surface area contributed by atoms with Gasteiger partial charge in [0.15, 0.2) is 0 Å². The molecule has 1 aliphatic rings. The second kappa shape index (κ2) is 4.05. The summed E-state index contributed by atoms with van der Waals surface area (Å²) in [5.74, 6) is -0.754. The first kappa shape index (κ1) is 10.2. The molecule has 0 saturated carbocycles. The third kappa shape index (κ3) is 1.89. The van der Waals surface area contributed by atoms with Gasteiger partial charge in [0.1, 0.15) is 0 Å². The van der Waals surface area contributed by atoms with Crippen LogP contribution in [0.2, 0.25) is 0 Å². The molecule has 0 radical (unpaired) electrons. The van der Waals surface area contributed by atoms with Crippen molar-refractivity contribution in [2.75, 3.05) is 0 Å². The lowest BCUT2D eigenvalue weighted by Crippen LogP contribution is -2.22. The molecule has 0 fully saturated rings. The molecule has 0 spiro atoms. The molecule has 1 N–H and O–H groups in total. The molecule has 1 aliphatic carbocycles. The average molecular weight is 204 g/mol. The first-order valence-corrected chi connectivity index (χ1v) is 5.50. The summed E-state index contributed by atoms with van der Waals surface area (Å²) in [7, 11) is 0. The van der Waals surface area contributed by atoms with Crippen molar-refractivity contribution in [3.8, 4) is 0 Å². The molecule has 1 aromatic carbocycles. The fourth-order valence-corrected chi connectivity index (χ4v) is 2.48. The summed E-state index contributed by atoms with van der Waals surface area (Å²) in [5, 5.41) is 9.06. The maximum atomic E-state index is 11.0. The molecule has 0 bridgehead atoms. The summed E-state index contributed by atoms with van der Waals surface area (Å²) in [6.45, 7) is 1.81. The van der Waals surface area contributed by atoms with E-state index in [1.807, 2.05) is 19.1 Å². The van der Waals surface area contributed by atoms with E-state index in [2.05, 4.69) is 12.1 Å². The molecule has 0 aliphatic heterocycles. The first-order chi connectivity index (χ1) is 7.20. The number of aliphatic carboxylic acids is 1. The topological polar surface area (TPSA) is 37.3 Å². The number of aryl methyl sites for hydroxylation is 1. The Kier molecular flexibility index (Phi) is 2.76. The molecule has 0 aromatic heterocycles. The van der Waals surface area contributed by atoms with Crippen LogP contribution in [-0.2, 0) is 11.2 Å². The monoisotopic (exact) mass is 204 g/mol. The van der Waals surface area contributed by atoms with Gasteiger partial charge in [0, 0.05) is 0 Å². The smallest absolute Gasteiger partial charge is 0.306 e. The molecule has 2 atom stereocenters. The molecule has 2 rings (SSSR count). The van der Waals surface area contributed by atoms with Crippen LogP contribution in [0.15, 0.2) is 24.3 Å². The Morgan fingerprint density at radius 3 is 2.93 bits per heavy atom. The third-order valence-corrected chi connectivity index (χ3v) is 3.41. The molecular formula is C13H16O2. The average Bonchev–Trinajstić information content (AvgIpc) is 2.27. The first-order valence-electron chi connectivity index (χ1n) is 5.50. The van der Waals surface area contributed by atoms with Crippen molar-refractivity contribution in [1.29, 1.82) is 0 Å². The van der Waals surface area contributed by atoms with Gasteiger partial charge in [0.2, 0.25) is 0 Å². The predicted molar refractivity (Wildman–Crippen MR) is 58.9 cm³/mol. The highest BCUT2D eigenvalue weighted by Gasteiger charge is 2.28. The van der Waals surface area contributed by atoms with Crippen molar-refractivity contribution in [3.63, 3.8) is 0 Å². The number of hydrogen-bond acceptors (Lipinski definition) is 1. The molecule has 0 amide bonds. The van der Waals surface area contributed by atoms with Gasteiger partial charge in [0.25, 0.3) is 0 Å². The van der Waals surface area contributed by atoms with Gasteiger partial charge in [0.05, 0.1) is 5.92 Å². The molecule has 80 valence electrons. The van der Waals surface area contributed by atoms with Crippen LogP contribution in [0.5, 0.6) is 0 Å².